The van der Waals surface area contributed by atoms with Crippen LogP contribution < -0.4 is 5.32 Å². The van der Waals surface area contributed by atoms with Gasteiger partial charge in [0, 0.05) is 12.3 Å². The Labute approximate surface area is 112 Å². The zero-order valence-corrected chi connectivity index (χ0v) is 12.3. The van der Waals surface area contributed by atoms with Crippen molar-refractivity contribution < 1.29 is 9.90 Å². The predicted octanol–water partition coefficient (Wildman–Crippen LogP) is 1.66. The number of carboxylic acids is 1. The Kier molecular flexibility index (Phi) is 4.81. The molecule has 18 heavy (non-hydrogen) atoms. The number of rotatable bonds is 6. The molecule has 2 unspecified atom stereocenters. The molecule has 0 amide bonds. The van der Waals surface area contributed by atoms with Gasteiger partial charge in [-0.2, -0.15) is 5.10 Å². The number of likely N-dealkylation sites (N-methyl/N-ethyl adjacent to an activating group) is 1. The normalized spacial score (nSPS) is 16.3. The summed E-state index contributed by atoms with van der Waals surface area (Å²) in [6, 6.07) is 2.01. The van der Waals surface area contributed by atoms with Crippen LogP contribution in [0.4, 0.5) is 0 Å². The second-order valence-electron chi connectivity index (χ2n) is 4.77. The molecule has 0 spiro atoms. The van der Waals surface area contributed by atoms with Crippen molar-refractivity contribution in [1.82, 2.24) is 15.1 Å². The largest absolute Gasteiger partial charge is 0.480 e. The zero-order chi connectivity index (χ0) is 13.9. The van der Waals surface area contributed by atoms with Crippen molar-refractivity contribution in [1.29, 1.82) is 0 Å². The maximum atomic E-state index is 11.2. The van der Waals surface area contributed by atoms with Gasteiger partial charge in [-0.1, -0.05) is 6.92 Å². The molecule has 2 atom stereocenters. The molecule has 0 aliphatic carbocycles. The van der Waals surface area contributed by atoms with Crippen LogP contribution in [-0.2, 0) is 11.8 Å². The number of aromatic nitrogens is 2. The first kappa shape index (κ1) is 15.0. The summed E-state index contributed by atoms with van der Waals surface area (Å²) in [4.78, 5) is 11.2. The minimum atomic E-state index is -0.889. The van der Waals surface area contributed by atoms with Crippen LogP contribution in [0.25, 0.3) is 0 Å². The Morgan fingerprint density at radius 3 is 2.72 bits per heavy atom. The number of carboxylic acid groups (broad SMARTS) is 1. The highest BCUT2D eigenvalue weighted by Crippen LogP contribution is 2.28. The van der Waals surface area contributed by atoms with E-state index in [0.717, 1.165) is 10.7 Å². The second-order valence-corrected chi connectivity index (χ2v) is 6.23. The lowest BCUT2D eigenvalue weighted by Crippen LogP contribution is -2.49. The van der Waals surface area contributed by atoms with Crippen LogP contribution in [0.2, 0.25) is 0 Å². The first-order chi connectivity index (χ1) is 8.28. The van der Waals surface area contributed by atoms with Crippen LogP contribution in [0.1, 0.15) is 26.0 Å². The summed E-state index contributed by atoms with van der Waals surface area (Å²) in [5, 5.41) is 17.6. The number of nitrogens with one attached hydrogen (secondary N) is 1. The Balaban J connectivity index is 2.69. The van der Waals surface area contributed by atoms with Crippen LogP contribution in [0.3, 0.4) is 0 Å². The molecule has 1 aromatic rings. The van der Waals surface area contributed by atoms with Crippen LogP contribution in [-0.4, -0.2) is 38.7 Å². The van der Waals surface area contributed by atoms with Crippen molar-refractivity contribution >= 4 is 17.7 Å². The number of thioether (sulfide) groups is 1. The summed E-state index contributed by atoms with van der Waals surface area (Å²) < 4.78 is 1.83. The Bertz CT molecular complexity index is 433. The molecule has 1 rings (SSSR count). The van der Waals surface area contributed by atoms with Crippen LogP contribution in [0.15, 0.2) is 11.1 Å². The van der Waals surface area contributed by atoms with E-state index in [-0.39, 0.29) is 5.25 Å². The van der Waals surface area contributed by atoms with Gasteiger partial charge in [0.05, 0.1) is 10.7 Å². The number of carbonyl (C=O) groups is 1. The number of nitrogens with zero attached hydrogens (tertiary/aromatic N) is 2. The van der Waals surface area contributed by atoms with E-state index in [1.54, 1.807) is 25.7 Å². The minimum absolute atomic E-state index is 0.188. The van der Waals surface area contributed by atoms with Gasteiger partial charge in [0.25, 0.3) is 0 Å². The highest BCUT2D eigenvalue weighted by atomic mass is 32.2. The lowest BCUT2D eigenvalue weighted by atomic mass is 9.96. The van der Waals surface area contributed by atoms with E-state index in [1.807, 2.05) is 31.6 Å². The Hall–Kier alpha value is -1.01. The standard InChI is InChI=1S/C12H21N3O2S/c1-8-6-10(15(5)14-8)18-9(2)7-12(3,13-4)11(16)17/h6,9,13H,7H2,1-5H3,(H,16,17). The maximum Gasteiger partial charge on any atom is 0.323 e. The fourth-order valence-electron chi connectivity index (χ4n) is 1.82. The average Bonchev–Trinajstić information content (AvgIpc) is 2.56. The molecule has 0 fully saturated rings. The summed E-state index contributed by atoms with van der Waals surface area (Å²) in [5.41, 5.74) is 0.0851. The molecule has 6 heteroatoms. The molecule has 1 aromatic heterocycles. The monoisotopic (exact) mass is 271 g/mol. The van der Waals surface area contributed by atoms with Gasteiger partial charge in [0.15, 0.2) is 0 Å². The molecule has 2 N–H and O–H groups in total. The third-order valence-electron chi connectivity index (χ3n) is 3.00. The zero-order valence-electron chi connectivity index (χ0n) is 11.5. The molecule has 0 saturated carbocycles. The van der Waals surface area contributed by atoms with E-state index >= 15 is 0 Å². The third-order valence-corrected chi connectivity index (χ3v) is 4.19. The lowest BCUT2D eigenvalue weighted by molar-refractivity contribution is -0.144. The van der Waals surface area contributed by atoms with Gasteiger partial charge in [-0.15, -0.1) is 11.8 Å². The van der Waals surface area contributed by atoms with Crippen LogP contribution in [0.5, 0.6) is 0 Å². The van der Waals surface area contributed by atoms with Gasteiger partial charge < -0.3 is 10.4 Å². The fraction of sp³-hybridized carbons (Fsp3) is 0.667. The molecule has 0 saturated heterocycles. The summed E-state index contributed by atoms with van der Waals surface area (Å²) in [6.07, 6.45) is 0.549. The van der Waals surface area contributed by atoms with E-state index in [2.05, 4.69) is 10.4 Å². The molecule has 0 radical (unpaired) electrons. The van der Waals surface area contributed by atoms with E-state index < -0.39 is 11.5 Å². The maximum absolute atomic E-state index is 11.2. The molecule has 1 heterocycles. The quantitative estimate of drug-likeness (QED) is 0.770. The first-order valence-electron chi connectivity index (χ1n) is 5.88. The van der Waals surface area contributed by atoms with Crippen molar-refractivity contribution in [3.8, 4) is 0 Å². The number of hydrogen-bond donors (Lipinski definition) is 2. The number of aryl methyl sites for hydroxylation is 2. The minimum Gasteiger partial charge on any atom is -0.480 e. The van der Waals surface area contributed by atoms with Gasteiger partial charge in [-0.25, -0.2) is 0 Å². The van der Waals surface area contributed by atoms with Crippen molar-refractivity contribution in [2.24, 2.45) is 7.05 Å². The predicted molar refractivity (Wildman–Crippen MR) is 73.0 cm³/mol. The summed E-state index contributed by atoms with van der Waals surface area (Å²) >= 11 is 1.65. The van der Waals surface area contributed by atoms with Crippen molar-refractivity contribution in [3.05, 3.63) is 11.8 Å². The second kappa shape index (κ2) is 5.75. The van der Waals surface area contributed by atoms with Gasteiger partial charge in [0.1, 0.15) is 5.54 Å². The molecule has 0 aromatic carbocycles. The van der Waals surface area contributed by atoms with Crippen molar-refractivity contribution in [2.75, 3.05) is 7.05 Å². The number of aliphatic carboxylic acids is 1. The third kappa shape index (κ3) is 3.49. The summed E-state index contributed by atoms with van der Waals surface area (Å²) in [5.74, 6) is -0.821. The summed E-state index contributed by atoms with van der Waals surface area (Å²) in [6.45, 7) is 5.69. The molecule has 0 aliphatic heterocycles. The lowest BCUT2D eigenvalue weighted by Gasteiger charge is -2.27. The molecular formula is C12H21N3O2S. The molecule has 0 bridgehead atoms. The fourth-order valence-corrected chi connectivity index (χ4v) is 3.08. The van der Waals surface area contributed by atoms with Gasteiger partial charge in [-0.05, 0) is 33.4 Å². The van der Waals surface area contributed by atoms with E-state index in [9.17, 15) is 9.90 Å². The van der Waals surface area contributed by atoms with E-state index in [0.29, 0.717) is 6.42 Å². The smallest absolute Gasteiger partial charge is 0.323 e. The van der Waals surface area contributed by atoms with Gasteiger partial charge >= 0.3 is 5.97 Å². The SMILES string of the molecule is CNC(C)(CC(C)Sc1cc(C)nn1C)C(=O)O. The van der Waals surface area contributed by atoms with Gasteiger partial charge in [-0.3, -0.25) is 9.48 Å². The highest BCUT2D eigenvalue weighted by Gasteiger charge is 2.33. The van der Waals surface area contributed by atoms with Gasteiger partial charge in [0.2, 0.25) is 0 Å². The summed E-state index contributed by atoms with van der Waals surface area (Å²) in [7, 11) is 3.58. The Morgan fingerprint density at radius 1 is 1.72 bits per heavy atom. The molecule has 102 valence electrons. The van der Waals surface area contributed by atoms with Crippen molar-refractivity contribution in [2.45, 2.75) is 43.0 Å². The van der Waals surface area contributed by atoms with E-state index in [1.165, 1.54) is 0 Å². The van der Waals surface area contributed by atoms with E-state index in [4.69, 9.17) is 0 Å². The molecular weight excluding hydrogens is 250 g/mol. The first-order valence-corrected chi connectivity index (χ1v) is 6.76. The highest BCUT2D eigenvalue weighted by molar-refractivity contribution is 7.99. The number of hydrogen-bond acceptors (Lipinski definition) is 4. The topological polar surface area (TPSA) is 67.2 Å². The van der Waals surface area contributed by atoms with Crippen LogP contribution in [0, 0.1) is 6.92 Å². The molecule has 0 aliphatic rings. The van der Waals surface area contributed by atoms with Crippen LogP contribution >= 0.6 is 11.8 Å². The van der Waals surface area contributed by atoms with Crippen molar-refractivity contribution in [3.63, 3.8) is 0 Å². The average molecular weight is 271 g/mol. The Morgan fingerprint density at radius 2 is 2.33 bits per heavy atom. The molecule has 5 nitrogen and oxygen atoms in total.